The minimum Gasteiger partial charge on any atom is -0.462 e. The van der Waals surface area contributed by atoms with Crippen LogP contribution in [0, 0.1) is 0 Å². The van der Waals surface area contributed by atoms with E-state index in [1.165, 1.54) is 17.4 Å². The highest BCUT2D eigenvalue weighted by molar-refractivity contribution is 9.11. The van der Waals surface area contributed by atoms with Crippen molar-refractivity contribution in [3.05, 3.63) is 59.1 Å². The molecule has 0 radical (unpaired) electrons. The number of rotatable bonds is 4. The summed E-state index contributed by atoms with van der Waals surface area (Å²) in [5.41, 5.74) is 0.725. The lowest BCUT2D eigenvalue weighted by atomic mass is 10.0. The lowest BCUT2D eigenvalue weighted by Gasteiger charge is -2.22. The molecule has 1 N–H and O–H groups in total. The Bertz CT molecular complexity index is 1270. The summed E-state index contributed by atoms with van der Waals surface area (Å²) >= 11 is 8.08. The number of benzene rings is 1. The second-order valence-electron chi connectivity index (χ2n) is 7.12. The fraction of sp³-hybridized carbons (Fsp3) is 0.286. The number of esters is 1. The predicted molar refractivity (Wildman–Crippen MR) is 126 cm³/mol. The number of hydrogen-bond acceptors (Lipinski definition) is 7. The number of halogens is 2. The number of nitrogens with one attached hydrogen (secondary N) is 1. The number of nitrogens with zero attached hydrogens (tertiary/aromatic N) is 1. The standard InChI is InChI=1S/C21H18Br2N2O5S/c1-3-29-21(28)16-12-4-5-25(2)9-15(12)31-19(16)24-18(26)13-7-10-6-11(22)8-14(23)17(10)30-20(13)27/h6-8H,3-5,9H2,1-2H3,(H,24,26). The van der Waals surface area contributed by atoms with Crippen LogP contribution >= 0.6 is 43.2 Å². The third-order valence-corrected chi connectivity index (χ3v) is 7.13. The number of carbonyl (C=O) groups is 2. The number of amides is 1. The predicted octanol–water partition coefficient (Wildman–Crippen LogP) is 4.80. The van der Waals surface area contributed by atoms with Gasteiger partial charge >= 0.3 is 11.6 Å². The van der Waals surface area contributed by atoms with Gasteiger partial charge in [0.05, 0.1) is 16.6 Å². The minimum atomic E-state index is -0.758. The Labute approximate surface area is 198 Å². The molecular weight excluding hydrogens is 552 g/mol. The van der Waals surface area contributed by atoms with E-state index in [-0.39, 0.29) is 12.2 Å². The second-order valence-corrected chi connectivity index (χ2v) is 10.00. The van der Waals surface area contributed by atoms with Crippen molar-refractivity contribution in [3.63, 3.8) is 0 Å². The van der Waals surface area contributed by atoms with Crippen molar-refractivity contribution >= 4 is 71.0 Å². The molecule has 0 spiro atoms. The normalized spacial score (nSPS) is 13.8. The lowest BCUT2D eigenvalue weighted by molar-refractivity contribution is 0.0526. The summed E-state index contributed by atoms with van der Waals surface area (Å²) in [6, 6.07) is 4.99. The number of hydrogen-bond donors (Lipinski definition) is 1. The maximum Gasteiger partial charge on any atom is 0.349 e. The topological polar surface area (TPSA) is 88.8 Å². The molecule has 1 aliphatic heterocycles. The fourth-order valence-corrected chi connectivity index (χ4v) is 6.17. The number of thiophene rings is 1. The molecule has 4 rings (SSSR count). The lowest BCUT2D eigenvalue weighted by Crippen LogP contribution is -2.26. The molecule has 1 amide bonds. The molecule has 2 aromatic heterocycles. The summed E-state index contributed by atoms with van der Waals surface area (Å²) in [5.74, 6) is -1.11. The Hall–Kier alpha value is -2.01. The molecule has 0 saturated carbocycles. The summed E-state index contributed by atoms with van der Waals surface area (Å²) in [7, 11) is 2.00. The Balaban J connectivity index is 1.74. The molecule has 3 aromatic rings. The molecule has 1 aromatic carbocycles. The van der Waals surface area contributed by atoms with Crippen LogP contribution in [0.25, 0.3) is 11.0 Å². The van der Waals surface area contributed by atoms with Crippen molar-refractivity contribution in [3.8, 4) is 0 Å². The van der Waals surface area contributed by atoms with Crippen LogP contribution in [0.3, 0.4) is 0 Å². The molecule has 162 valence electrons. The maximum absolute atomic E-state index is 13.0. The van der Waals surface area contributed by atoms with E-state index < -0.39 is 17.5 Å². The van der Waals surface area contributed by atoms with Crippen LogP contribution in [0.4, 0.5) is 5.00 Å². The second kappa shape index (κ2) is 8.85. The van der Waals surface area contributed by atoms with Crippen LogP contribution in [0.2, 0.25) is 0 Å². The molecule has 0 saturated heterocycles. The first kappa shape index (κ1) is 22.2. The molecule has 7 nitrogen and oxygen atoms in total. The van der Waals surface area contributed by atoms with Crippen LogP contribution in [-0.4, -0.2) is 37.0 Å². The van der Waals surface area contributed by atoms with Crippen LogP contribution in [0.1, 0.15) is 38.1 Å². The molecule has 31 heavy (non-hydrogen) atoms. The number of carbonyl (C=O) groups excluding carboxylic acids is 2. The Morgan fingerprint density at radius 3 is 2.81 bits per heavy atom. The maximum atomic E-state index is 13.0. The summed E-state index contributed by atoms with van der Waals surface area (Å²) < 4.78 is 12.0. The summed E-state index contributed by atoms with van der Waals surface area (Å²) in [4.78, 5) is 41.3. The van der Waals surface area contributed by atoms with Gasteiger partial charge in [-0.15, -0.1) is 11.3 Å². The van der Waals surface area contributed by atoms with Crippen molar-refractivity contribution in [2.75, 3.05) is 25.5 Å². The molecule has 3 heterocycles. The van der Waals surface area contributed by atoms with Gasteiger partial charge in [-0.1, -0.05) is 15.9 Å². The van der Waals surface area contributed by atoms with E-state index in [0.717, 1.165) is 21.5 Å². The minimum absolute atomic E-state index is 0.143. The first-order valence-electron chi connectivity index (χ1n) is 9.53. The number of anilines is 1. The van der Waals surface area contributed by atoms with Crippen molar-refractivity contribution in [2.45, 2.75) is 19.9 Å². The van der Waals surface area contributed by atoms with Gasteiger partial charge in [-0.05, 0) is 60.1 Å². The average Bonchev–Trinajstić information content (AvgIpc) is 3.05. The fourth-order valence-electron chi connectivity index (χ4n) is 3.52. The zero-order valence-corrected chi connectivity index (χ0v) is 20.7. The molecule has 0 bridgehead atoms. The van der Waals surface area contributed by atoms with Gasteiger partial charge in [-0.3, -0.25) is 4.79 Å². The van der Waals surface area contributed by atoms with Crippen LogP contribution < -0.4 is 10.9 Å². The summed E-state index contributed by atoms with van der Waals surface area (Å²) in [5, 5.41) is 3.72. The van der Waals surface area contributed by atoms with Gasteiger partial charge in [-0.25, -0.2) is 9.59 Å². The molecule has 0 unspecified atom stereocenters. The molecule has 10 heteroatoms. The van der Waals surface area contributed by atoms with Gasteiger partial charge in [0, 0.05) is 27.8 Å². The monoisotopic (exact) mass is 568 g/mol. The Morgan fingerprint density at radius 1 is 1.29 bits per heavy atom. The van der Waals surface area contributed by atoms with Crippen molar-refractivity contribution in [2.24, 2.45) is 0 Å². The van der Waals surface area contributed by atoms with Crippen molar-refractivity contribution in [1.82, 2.24) is 4.90 Å². The van der Waals surface area contributed by atoms with E-state index in [2.05, 4.69) is 42.1 Å². The van der Waals surface area contributed by atoms with Gasteiger partial charge in [0.1, 0.15) is 10.6 Å². The van der Waals surface area contributed by atoms with E-state index in [9.17, 15) is 14.4 Å². The SMILES string of the molecule is CCOC(=O)c1c(NC(=O)c2cc3cc(Br)cc(Br)c3oc2=O)sc2c1CCN(C)C2. The molecular formula is C21H18Br2N2O5S. The first-order chi connectivity index (χ1) is 14.8. The van der Waals surface area contributed by atoms with Crippen LogP contribution in [-0.2, 0) is 17.7 Å². The van der Waals surface area contributed by atoms with E-state index in [1.807, 2.05) is 7.05 Å². The first-order valence-corrected chi connectivity index (χ1v) is 11.9. The van der Waals surface area contributed by atoms with Gasteiger partial charge in [0.15, 0.2) is 5.58 Å². The molecule has 0 aliphatic carbocycles. The highest BCUT2D eigenvalue weighted by Crippen LogP contribution is 2.37. The van der Waals surface area contributed by atoms with E-state index in [1.54, 1.807) is 19.1 Å². The van der Waals surface area contributed by atoms with E-state index in [4.69, 9.17) is 9.15 Å². The Morgan fingerprint density at radius 2 is 2.06 bits per heavy atom. The largest absolute Gasteiger partial charge is 0.462 e. The zero-order chi connectivity index (χ0) is 22.3. The average molecular weight is 570 g/mol. The molecule has 0 atom stereocenters. The highest BCUT2D eigenvalue weighted by atomic mass is 79.9. The van der Waals surface area contributed by atoms with Crippen LogP contribution in [0.15, 0.2) is 36.4 Å². The van der Waals surface area contributed by atoms with E-state index >= 15 is 0 Å². The molecule has 1 aliphatic rings. The number of ether oxygens (including phenoxy) is 1. The van der Waals surface area contributed by atoms with Crippen LogP contribution in [0.5, 0.6) is 0 Å². The Kier molecular flexibility index (Phi) is 6.34. The van der Waals surface area contributed by atoms with Gasteiger partial charge in [0.2, 0.25) is 0 Å². The number of fused-ring (bicyclic) bond motifs is 2. The van der Waals surface area contributed by atoms with Gasteiger partial charge in [0.25, 0.3) is 5.91 Å². The summed E-state index contributed by atoms with van der Waals surface area (Å²) in [6.45, 7) is 3.46. The smallest absolute Gasteiger partial charge is 0.349 e. The quantitative estimate of drug-likeness (QED) is 0.359. The van der Waals surface area contributed by atoms with E-state index in [0.29, 0.717) is 39.0 Å². The third kappa shape index (κ3) is 4.34. The number of likely N-dealkylation sites (N-methyl/N-ethyl adjacent to an activating group) is 1. The highest BCUT2D eigenvalue weighted by Gasteiger charge is 2.29. The van der Waals surface area contributed by atoms with Gasteiger partial charge in [-0.2, -0.15) is 0 Å². The molecule has 0 fully saturated rings. The van der Waals surface area contributed by atoms with Crippen molar-refractivity contribution in [1.29, 1.82) is 0 Å². The van der Waals surface area contributed by atoms with Gasteiger partial charge < -0.3 is 19.4 Å². The summed E-state index contributed by atoms with van der Waals surface area (Å²) in [6.07, 6.45) is 0.687. The third-order valence-electron chi connectivity index (χ3n) is 4.95. The zero-order valence-electron chi connectivity index (χ0n) is 16.7. The van der Waals surface area contributed by atoms with Crippen molar-refractivity contribution < 1.29 is 18.7 Å².